The number of hydrogen-bond donors (Lipinski definition) is 2. The van der Waals surface area contributed by atoms with E-state index in [9.17, 15) is 14.7 Å². The molecule has 0 spiro atoms. The highest BCUT2D eigenvalue weighted by Crippen LogP contribution is 2.31. The van der Waals surface area contributed by atoms with Gasteiger partial charge in [0, 0.05) is 0 Å². The highest BCUT2D eigenvalue weighted by Gasteiger charge is 2.36. The van der Waals surface area contributed by atoms with Gasteiger partial charge in [0.25, 0.3) is 0 Å². The third-order valence-corrected chi connectivity index (χ3v) is 4.36. The van der Waals surface area contributed by atoms with Crippen LogP contribution in [0.5, 0.6) is 0 Å². The molecule has 0 unspecified atom stereocenters. The molecule has 0 aromatic heterocycles. The van der Waals surface area contributed by atoms with E-state index in [1.165, 1.54) is 5.56 Å². The highest BCUT2D eigenvalue weighted by molar-refractivity contribution is 5.85. The van der Waals surface area contributed by atoms with Gasteiger partial charge in [-0.15, -0.1) is 0 Å². The average molecular weight is 289 g/mol. The number of carbonyl (C=O) groups excluding carboxylic acids is 1. The number of nitrogens with one attached hydrogen (secondary N) is 1. The Labute approximate surface area is 125 Å². The molecular weight excluding hydrogens is 266 g/mol. The van der Waals surface area contributed by atoms with Crippen molar-refractivity contribution in [2.45, 2.75) is 45.6 Å². The van der Waals surface area contributed by atoms with E-state index in [2.05, 4.69) is 5.32 Å². The maximum atomic E-state index is 12.4. The molecule has 1 amide bonds. The number of aryl methyl sites for hydroxylation is 1. The summed E-state index contributed by atoms with van der Waals surface area (Å²) in [7, 11) is 0. The molecule has 1 aliphatic rings. The van der Waals surface area contributed by atoms with Crippen molar-refractivity contribution >= 4 is 11.9 Å². The van der Waals surface area contributed by atoms with Gasteiger partial charge in [0.15, 0.2) is 0 Å². The van der Waals surface area contributed by atoms with Crippen molar-refractivity contribution in [1.82, 2.24) is 5.32 Å². The summed E-state index contributed by atoms with van der Waals surface area (Å²) in [5, 5.41) is 12.2. The molecule has 4 nitrogen and oxygen atoms in total. The zero-order valence-electron chi connectivity index (χ0n) is 12.6. The standard InChI is InChI=1S/C17H23NO3/c1-11-7-9-13(10-8-11)12(2)18-16(19)14-5-3-4-6-15(14)17(20)21/h7-10,12,14-15H,3-6H2,1-2H3,(H,18,19)(H,20,21)/t12-,14+,15+/m0/s1. The molecule has 114 valence electrons. The predicted molar refractivity (Wildman–Crippen MR) is 80.8 cm³/mol. The minimum absolute atomic E-state index is 0.102. The SMILES string of the molecule is Cc1ccc([C@H](C)NC(=O)[C@@H]2CCCC[C@H]2C(=O)O)cc1. The molecule has 0 bridgehead atoms. The first-order chi connectivity index (χ1) is 9.99. The number of amides is 1. The van der Waals surface area contributed by atoms with E-state index in [0.29, 0.717) is 12.8 Å². The van der Waals surface area contributed by atoms with Crippen LogP contribution in [0.25, 0.3) is 0 Å². The summed E-state index contributed by atoms with van der Waals surface area (Å²) in [5.41, 5.74) is 2.21. The molecule has 1 aromatic rings. The van der Waals surface area contributed by atoms with Crippen molar-refractivity contribution in [3.05, 3.63) is 35.4 Å². The van der Waals surface area contributed by atoms with Gasteiger partial charge < -0.3 is 10.4 Å². The minimum atomic E-state index is -0.849. The summed E-state index contributed by atoms with van der Waals surface area (Å²) in [4.78, 5) is 23.7. The van der Waals surface area contributed by atoms with Crippen molar-refractivity contribution in [2.75, 3.05) is 0 Å². The summed E-state index contributed by atoms with van der Waals surface area (Å²) >= 11 is 0. The first-order valence-corrected chi connectivity index (χ1v) is 7.59. The summed E-state index contributed by atoms with van der Waals surface area (Å²) < 4.78 is 0. The molecule has 2 N–H and O–H groups in total. The van der Waals surface area contributed by atoms with Crippen molar-refractivity contribution in [3.8, 4) is 0 Å². The fourth-order valence-electron chi connectivity index (χ4n) is 3.00. The minimum Gasteiger partial charge on any atom is -0.481 e. The zero-order chi connectivity index (χ0) is 15.4. The van der Waals surface area contributed by atoms with Crippen molar-refractivity contribution < 1.29 is 14.7 Å². The molecular formula is C17H23NO3. The zero-order valence-corrected chi connectivity index (χ0v) is 12.6. The van der Waals surface area contributed by atoms with Gasteiger partial charge in [-0.25, -0.2) is 0 Å². The fourth-order valence-corrected chi connectivity index (χ4v) is 3.00. The van der Waals surface area contributed by atoms with E-state index in [0.717, 1.165) is 18.4 Å². The molecule has 3 atom stereocenters. The van der Waals surface area contributed by atoms with Crippen molar-refractivity contribution in [2.24, 2.45) is 11.8 Å². The maximum absolute atomic E-state index is 12.4. The lowest BCUT2D eigenvalue weighted by Crippen LogP contribution is -2.40. The molecule has 1 aromatic carbocycles. The smallest absolute Gasteiger partial charge is 0.307 e. The van der Waals surface area contributed by atoms with Gasteiger partial charge in [0.1, 0.15) is 0 Å². The second-order valence-electron chi connectivity index (χ2n) is 5.98. The lowest BCUT2D eigenvalue weighted by atomic mass is 9.78. The molecule has 0 radical (unpaired) electrons. The van der Waals surface area contributed by atoms with Crippen LogP contribution in [0, 0.1) is 18.8 Å². The van der Waals surface area contributed by atoms with Crippen molar-refractivity contribution in [3.63, 3.8) is 0 Å². The molecule has 4 heteroatoms. The van der Waals surface area contributed by atoms with E-state index in [-0.39, 0.29) is 11.9 Å². The maximum Gasteiger partial charge on any atom is 0.307 e. The second kappa shape index (κ2) is 6.74. The Morgan fingerprint density at radius 2 is 1.71 bits per heavy atom. The monoisotopic (exact) mass is 289 g/mol. The van der Waals surface area contributed by atoms with Crippen LogP contribution in [0.4, 0.5) is 0 Å². The van der Waals surface area contributed by atoms with E-state index in [4.69, 9.17) is 0 Å². The Hall–Kier alpha value is -1.84. The van der Waals surface area contributed by atoms with Gasteiger partial charge in [0.2, 0.25) is 5.91 Å². The lowest BCUT2D eigenvalue weighted by Gasteiger charge is -2.28. The van der Waals surface area contributed by atoms with Crippen LogP contribution in [0.2, 0.25) is 0 Å². The molecule has 2 rings (SSSR count). The van der Waals surface area contributed by atoms with Crippen LogP contribution in [-0.4, -0.2) is 17.0 Å². The number of carbonyl (C=O) groups is 2. The van der Waals surface area contributed by atoms with Crippen LogP contribution in [0.3, 0.4) is 0 Å². The Morgan fingerprint density at radius 3 is 2.29 bits per heavy atom. The molecule has 1 saturated carbocycles. The van der Waals surface area contributed by atoms with E-state index in [1.807, 2.05) is 38.1 Å². The van der Waals surface area contributed by atoms with Gasteiger partial charge in [-0.3, -0.25) is 9.59 Å². The number of carboxylic acid groups (broad SMARTS) is 1. The van der Waals surface area contributed by atoms with Gasteiger partial charge >= 0.3 is 5.97 Å². The highest BCUT2D eigenvalue weighted by atomic mass is 16.4. The fraction of sp³-hybridized carbons (Fsp3) is 0.529. The topological polar surface area (TPSA) is 66.4 Å². The van der Waals surface area contributed by atoms with Gasteiger partial charge in [-0.05, 0) is 32.3 Å². The molecule has 0 saturated heterocycles. The van der Waals surface area contributed by atoms with Crippen LogP contribution >= 0.6 is 0 Å². The molecule has 21 heavy (non-hydrogen) atoms. The number of aliphatic carboxylic acids is 1. The predicted octanol–water partition coefficient (Wildman–Crippen LogP) is 3.06. The largest absolute Gasteiger partial charge is 0.481 e. The van der Waals surface area contributed by atoms with Gasteiger partial charge in [0.05, 0.1) is 17.9 Å². The number of benzene rings is 1. The molecule has 1 fully saturated rings. The third-order valence-electron chi connectivity index (χ3n) is 4.36. The van der Waals surface area contributed by atoms with Crippen molar-refractivity contribution in [1.29, 1.82) is 0 Å². The van der Waals surface area contributed by atoms with E-state index in [1.54, 1.807) is 0 Å². The second-order valence-corrected chi connectivity index (χ2v) is 5.98. The number of rotatable bonds is 4. The molecule has 0 heterocycles. The summed E-state index contributed by atoms with van der Waals surface area (Å²) in [6.07, 6.45) is 3.10. The summed E-state index contributed by atoms with van der Waals surface area (Å²) in [5.74, 6) is -1.92. The average Bonchev–Trinajstić information content (AvgIpc) is 2.47. The summed E-state index contributed by atoms with van der Waals surface area (Å²) in [6, 6.07) is 7.91. The Bertz CT molecular complexity index is 509. The van der Waals surface area contributed by atoms with Crippen LogP contribution in [0.1, 0.15) is 49.8 Å². The van der Waals surface area contributed by atoms with Crippen LogP contribution < -0.4 is 5.32 Å². The number of hydrogen-bond acceptors (Lipinski definition) is 2. The normalized spacial score (nSPS) is 23.3. The first-order valence-electron chi connectivity index (χ1n) is 7.59. The lowest BCUT2D eigenvalue weighted by molar-refractivity contribution is -0.149. The Balaban J connectivity index is 2.02. The van der Waals surface area contributed by atoms with Gasteiger partial charge in [-0.1, -0.05) is 42.7 Å². The van der Waals surface area contributed by atoms with Crippen LogP contribution in [-0.2, 0) is 9.59 Å². The Kier molecular flexibility index (Phi) is 4.99. The van der Waals surface area contributed by atoms with E-state index < -0.39 is 17.8 Å². The Morgan fingerprint density at radius 1 is 1.14 bits per heavy atom. The van der Waals surface area contributed by atoms with Gasteiger partial charge in [-0.2, -0.15) is 0 Å². The van der Waals surface area contributed by atoms with E-state index >= 15 is 0 Å². The quantitative estimate of drug-likeness (QED) is 0.895. The summed E-state index contributed by atoms with van der Waals surface area (Å²) in [6.45, 7) is 3.95. The first kappa shape index (κ1) is 15.5. The van der Waals surface area contributed by atoms with Crippen LogP contribution in [0.15, 0.2) is 24.3 Å². The number of carboxylic acids is 1. The molecule has 0 aliphatic heterocycles. The molecule has 1 aliphatic carbocycles. The third kappa shape index (κ3) is 3.84.